The molecule has 19 heavy (non-hydrogen) atoms. The first-order valence-electron chi connectivity index (χ1n) is 5.67. The Balaban J connectivity index is 2.43. The molecule has 0 aliphatic heterocycles. The topological polar surface area (TPSA) is 42.7 Å². The van der Waals surface area contributed by atoms with Gasteiger partial charge in [-0.1, -0.05) is 6.92 Å². The monoisotopic (exact) mass is 290 g/mol. The van der Waals surface area contributed by atoms with Gasteiger partial charge in [0.25, 0.3) is 0 Å². The maximum atomic E-state index is 12.9. The number of nitrogens with one attached hydrogen (secondary N) is 1. The Labute approximate surface area is 112 Å². The van der Waals surface area contributed by atoms with Crippen LogP contribution in [0.15, 0.2) is 12.5 Å². The molecule has 0 aliphatic rings. The predicted molar refractivity (Wildman–Crippen MR) is 66.7 cm³/mol. The quantitative estimate of drug-likeness (QED) is 0.941. The molecule has 0 saturated heterocycles. The second-order valence-corrected chi connectivity index (χ2v) is 5.04. The highest BCUT2D eigenvalue weighted by atomic mass is 32.1. The van der Waals surface area contributed by atoms with E-state index in [2.05, 4.69) is 15.3 Å². The lowest BCUT2D eigenvalue weighted by Gasteiger charge is -2.05. The number of nitrogens with zero attached hydrogens (tertiary/aromatic N) is 3. The zero-order chi connectivity index (χ0) is 14.0. The third-order valence-electron chi connectivity index (χ3n) is 2.54. The van der Waals surface area contributed by atoms with E-state index in [1.54, 1.807) is 11.6 Å². The van der Waals surface area contributed by atoms with Gasteiger partial charge in [0, 0.05) is 13.6 Å². The number of hydrogen-bond acceptors (Lipinski definition) is 4. The number of aromatic nitrogens is 3. The van der Waals surface area contributed by atoms with Crippen molar-refractivity contribution in [1.29, 1.82) is 0 Å². The average Bonchev–Trinajstić information content (AvgIpc) is 2.91. The first-order chi connectivity index (χ1) is 8.93. The Hall–Kier alpha value is -1.41. The molecule has 104 valence electrons. The van der Waals surface area contributed by atoms with Crippen molar-refractivity contribution in [2.24, 2.45) is 7.05 Å². The van der Waals surface area contributed by atoms with Crippen molar-refractivity contribution in [3.8, 4) is 10.7 Å². The molecule has 0 radical (unpaired) electrons. The van der Waals surface area contributed by atoms with Crippen LogP contribution in [0.25, 0.3) is 10.7 Å². The van der Waals surface area contributed by atoms with E-state index in [0.717, 1.165) is 11.3 Å². The minimum Gasteiger partial charge on any atom is -0.332 e. The Morgan fingerprint density at radius 2 is 2.16 bits per heavy atom. The molecule has 0 atom stereocenters. The lowest BCUT2D eigenvalue weighted by atomic mass is 10.3. The van der Waals surface area contributed by atoms with Crippen LogP contribution in [-0.2, 0) is 19.8 Å². The highest BCUT2D eigenvalue weighted by molar-refractivity contribution is 7.15. The van der Waals surface area contributed by atoms with Gasteiger partial charge in [-0.15, -0.1) is 11.3 Å². The van der Waals surface area contributed by atoms with Crippen LogP contribution < -0.4 is 5.32 Å². The summed E-state index contributed by atoms with van der Waals surface area (Å²) in [4.78, 5) is 7.82. The number of rotatable bonds is 4. The van der Waals surface area contributed by atoms with Crippen molar-refractivity contribution in [3.05, 3.63) is 23.1 Å². The van der Waals surface area contributed by atoms with Crippen molar-refractivity contribution >= 4 is 11.3 Å². The summed E-state index contributed by atoms with van der Waals surface area (Å²) in [5.74, 6) is 0. The molecule has 8 heteroatoms. The summed E-state index contributed by atoms with van der Waals surface area (Å²) in [6, 6.07) is 0. The van der Waals surface area contributed by atoms with Gasteiger partial charge in [0.15, 0.2) is 5.69 Å². The molecule has 0 saturated carbocycles. The second kappa shape index (κ2) is 5.30. The van der Waals surface area contributed by atoms with Gasteiger partial charge >= 0.3 is 6.18 Å². The molecule has 2 aromatic heterocycles. The van der Waals surface area contributed by atoms with Gasteiger partial charge in [-0.3, -0.25) is 0 Å². The highest BCUT2D eigenvalue weighted by Gasteiger charge is 2.37. The predicted octanol–water partition coefficient (Wildman–Crippen LogP) is 2.67. The molecular formula is C11H13F3N4S. The van der Waals surface area contributed by atoms with Crippen molar-refractivity contribution in [2.45, 2.75) is 19.6 Å². The van der Waals surface area contributed by atoms with E-state index in [9.17, 15) is 13.2 Å². The van der Waals surface area contributed by atoms with Crippen molar-refractivity contribution in [2.75, 3.05) is 6.54 Å². The van der Waals surface area contributed by atoms with Crippen LogP contribution in [-0.4, -0.2) is 21.1 Å². The van der Waals surface area contributed by atoms with E-state index in [0.29, 0.717) is 17.2 Å². The lowest BCUT2D eigenvalue weighted by molar-refractivity contribution is -0.141. The third kappa shape index (κ3) is 2.95. The standard InChI is InChI=1S/C11H13F3N4S/c1-3-15-5-8-9(11(12,13)14)17-10(19-8)7-4-16-6-18(7)2/h4,6,15H,3,5H2,1-2H3. The molecule has 0 aromatic carbocycles. The largest absolute Gasteiger partial charge is 0.434 e. The number of halogens is 3. The fraction of sp³-hybridized carbons (Fsp3) is 0.455. The maximum absolute atomic E-state index is 12.9. The number of hydrogen-bond donors (Lipinski definition) is 1. The van der Waals surface area contributed by atoms with Crippen molar-refractivity contribution in [3.63, 3.8) is 0 Å². The van der Waals surface area contributed by atoms with E-state index in [1.165, 1.54) is 12.5 Å². The molecule has 4 nitrogen and oxygen atoms in total. The molecule has 2 rings (SSSR count). The first-order valence-corrected chi connectivity index (χ1v) is 6.49. The van der Waals surface area contributed by atoms with E-state index in [4.69, 9.17) is 0 Å². The van der Waals surface area contributed by atoms with Crippen LogP contribution >= 0.6 is 11.3 Å². The van der Waals surface area contributed by atoms with Crippen LogP contribution in [0.5, 0.6) is 0 Å². The summed E-state index contributed by atoms with van der Waals surface area (Å²) in [7, 11) is 1.72. The van der Waals surface area contributed by atoms with Gasteiger partial charge in [-0.25, -0.2) is 9.97 Å². The molecule has 0 spiro atoms. The summed E-state index contributed by atoms with van der Waals surface area (Å²) in [5.41, 5.74) is -0.229. The summed E-state index contributed by atoms with van der Waals surface area (Å²) in [5, 5.41) is 3.23. The number of alkyl halides is 3. The molecule has 0 unspecified atom stereocenters. The molecule has 2 aromatic rings. The normalized spacial score (nSPS) is 12.1. The van der Waals surface area contributed by atoms with Crippen molar-refractivity contribution < 1.29 is 13.2 Å². The second-order valence-electron chi connectivity index (χ2n) is 3.96. The number of imidazole rings is 1. The van der Waals surface area contributed by atoms with Gasteiger partial charge in [0.05, 0.1) is 23.1 Å². The molecule has 0 aliphatic carbocycles. The number of thiazole rings is 1. The first kappa shape index (κ1) is 14.0. The average molecular weight is 290 g/mol. The Morgan fingerprint density at radius 1 is 1.42 bits per heavy atom. The molecule has 0 amide bonds. The van der Waals surface area contributed by atoms with Gasteiger partial charge < -0.3 is 9.88 Å². The summed E-state index contributed by atoms with van der Waals surface area (Å²) >= 11 is 1.04. The Bertz CT molecular complexity index is 559. The summed E-state index contributed by atoms with van der Waals surface area (Å²) in [6.07, 6.45) is -1.39. The fourth-order valence-corrected chi connectivity index (χ4v) is 2.71. The number of aryl methyl sites for hydroxylation is 1. The molecule has 0 fully saturated rings. The molecule has 2 heterocycles. The Kier molecular flexibility index (Phi) is 3.91. The summed E-state index contributed by atoms with van der Waals surface area (Å²) < 4.78 is 40.4. The van der Waals surface area contributed by atoms with E-state index < -0.39 is 11.9 Å². The van der Waals surface area contributed by atoms with E-state index in [1.807, 2.05) is 6.92 Å². The van der Waals surface area contributed by atoms with Gasteiger partial charge in [-0.2, -0.15) is 13.2 Å². The van der Waals surface area contributed by atoms with Gasteiger partial charge in [0.1, 0.15) is 5.01 Å². The fourth-order valence-electron chi connectivity index (χ4n) is 1.60. The van der Waals surface area contributed by atoms with Crippen LogP contribution in [0.3, 0.4) is 0 Å². The minimum absolute atomic E-state index is 0.168. The smallest absolute Gasteiger partial charge is 0.332 e. The SMILES string of the molecule is CCNCc1sc(-c2cncn2C)nc1C(F)(F)F. The van der Waals surface area contributed by atoms with Crippen LogP contribution in [0, 0.1) is 0 Å². The zero-order valence-electron chi connectivity index (χ0n) is 10.5. The van der Waals surface area contributed by atoms with E-state index >= 15 is 0 Å². The van der Waals surface area contributed by atoms with Crippen LogP contribution in [0.1, 0.15) is 17.5 Å². The molecule has 0 bridgehead atoms. The van der Waals surface area contributed by atoms with Gasteiger partial charge in [0.2, 0.25) is 0 Å². The van der Waals surface area contributed by atoms with Crippen LogP contribution in [0.2, 0.25) is 0 Å². The van der Waals surface area contributed by atoms with Crippen molar-refractivity contribution in [1.82, 2.24) is 19.9 Å². The third-order valence-corrected chi connectivity index (χ3v) is 3.62. The molecule has 1 N–H and O–H groups in total. The van der Waals surface area contributed by atoms with Crippen LogP contribution in [0.4, 0.5) is 13.2 Å². The summed E-state index contributed by atoms with van der Waals surface area (Å²) in [6.45, 7) is 2.62. The minimum atomic E-state index is -4.43. The molecular weight excluding hydrogens is 277 g/mol. The lowest BCUT2D eigenvalue weighted by Crippen LogP contribution is -2.15. The Morgan fingerprint density at radius 3 is 2.68 bits per heavy atom. The highest BCUT2D eigenvalue weighted by Crippen LogP contribution is 2.37. The maximum Gasteiger partial charge on any atom is 0.434 e. The van der Waals surface area contributed by atoms with Gasteiger partial charge in [-0.05, 0) is 6.54 Å². The zero-order valence-corrected chi connectivity index (χ0v) is 11.3. The van der Waals surface area contributed by atoms with E-state index in [-0.39, 0.29) is 11.4 Å².